The fourth-order valence-electron chi connectivity index (χ4n) is 2.41. The van der Waals surface area contributed by atoms with E-state index in [-0.39, 0.29) is 5.91 Å². The molecular formula is C17H14ClNO3. The zero-order valence-electron chi connectivity index (χ0n) is 12.1. The molecule has 0 fully saturated rings. The van der Waals surface area contributed by atoms with Crippen LogP contribution in [-0.4, -0.2) is 20.1 Å². The van der Waals surface area contributed by atoms with E-state index in [2.05, 4.69) is 5.32 Å². The molecule has 0 radical (unpaired) electrons. The highest BCUT2D eigenvalue weighted by molar-refractivity contribution is 6.37. The number of halogens is 1. The Hall–Kier alpha value is -2.46. The summed E-state index contributed by atoms with van der Waals surface area (Å²) >= 11 is 6.16. The van der Waals surface area contributed by atoms with E-state index < -0.39 is 0 Å². The topological polar surface area (TPSA) is 47.6 Å². The lowest BCUT2D eigenvalue weighted by Crippen LogP contribution is -2.03. The second-order valence-corrected chi connectivity index (χ2v) is 5.19. The first kappa shape index (κ1) is 14.5. The highest BCUT2D eigenvalue weighted by Gasteiger charge is 2.26. The second-order valence-electron chi connectivity index (χ2n) is 4.79. The molecule has 0 aliphatic carbocycles. The molecule has 0 aromatic heterocycles. The van der Waals surface area contributed by atoms with Crippen molar-refractivity contribution in [3.8, 4) is 11.5 Å². The number of rotatable bonds is 3. The molecule has 5 heteroatoms. The van der Waals surface area contributed by atoms with Crippen molar-refractivity contribution in [2.24, 2.45) is 0 Å². The molecule has 1 heterocycles. The van der Waals surface area contributed by atoms with Gasteiger partial charge in [-0.25, -0.2) is 0 Å². The molecular weight excluding hydrogens is 302 g/mol. The number of ether oxygens (including phenoxy) is 2. The quantitative estimate of drug-likeness (QED) is 0.875. The number of hydrogen-bond acceptors (Lipinski definition) is 3. The highest BCUT2D eigenvalue weighted by Crippen LogP contribution is 2.41. The molecule has 1 N–H and O–H groups in total. The molecule has 0 unspecified atom stereocenters. The Morgan fingerprint density at radius 3 is 2.45 bits per heavy atom. The summed E-state index contributed by atoms with van der Waals surface area (Å²) in [5.41, 5.74) is 2.80. The Morgan fingerprint density at radius 1 is 1.09 bits per heavy atom. The van der Waals surface area contributed by atoms with Crippen molar-refractivity contribution >= 4 is 34.8 Å². The Balaban J connectivity index is 2.14. The van der Waals surface area contributed by atoms with Gasteiger partial charge in [-0.1, -0.05) is 29.8 Å². The third kappa shape index (κ3) is 2.42. The third-order valence-electron chi connectivity index (χ3n) is 3.51. The molecule has 1 aliphatic heterocycles. The standard InChI is InChI=1S/C17H14ClNO3/c1-21-15-8-11-12(7-10-5-3-4-6-13(10)18)17(20)19-14(11)9-16(15)22-2/h3-9H,1-2H3,(H,19,20)/b12-7+. The summed E-state index contributed by atoms with van der Waals surface area (Å²) in [6.07, 6.45) is 1.77. The second kappa shape index (κ2) is 5.73. The van der Waals surface area contributed by atoms with Crippen LogP contribution in [0.5, 0.6) is 11.5 Å². The van der Waals surface area contributed by atoms with Crippen molar-refractivity contribution in [1.82, 2.24) is 0 Å². The van der Waals surface area contributed by atoms with Gasteiger partial charge in [-0.2, -0.15) is 0 Å². The van der Waals surface area contributed by atoms with Gasteiger partial charge in [-0.15, -0.1) is 0 Å². The summed E-state index contributed by atoms with van der Waals surface area (Å²) in [4.78, 5) is 12.2. The summed E-state index contributed by atoms with van der Waals surface area (Å²) < 4.78 is 10.6. The number of fused-ring (bicyclic) bond motifs is 1. The van der Waals surface area contributed by atoms with Gasteiger partial charge >= 0.3 is 0 Å². The van der Waals surface area contributed by atoms with Crippen molar-refractivity contribution < 1.29 is 14.3 Å². The number of amides is 1. The van der Waals surface area contributed by atoms with Crippen molar-refractivity contribution in [3.63, 3.8) is 0 Å². The summed E-state index contributed by atoms with van der Waals surface area (Å²) in [6, 6.07) is 10.9. The SMILES string of the molecule is COc1cc2c(cc1OC)/C(=C\c1ccccc1Cl)C(=O)N2. The lowest BCUT2D eigenvalue weighted by Gasteiger charge is -2.09. The maximum atomic E-state index is 12.2. The van der Waals surface area contributed by atoms with Gasteiger partial charge in [0.25, 0.3) is 5.91 Å². The van der Waals surface area contributed by atoms with Crippen LogP contribution in [0.15, 0.2) is 36.4 Å². The first-order chi connectivity index (χ1) is 10.6. The van der Waals surface area contributed by atoms with Crippen LogP contribution >= 0.6 is 11.6 Å². The smallest absolute Gasteiger partial charge is 0.256 e. The van der Waals surface area contributed by atoms with E-state index in [4.69, 9.17) is 21.1 Å². The van der Waals surface area contributed by atoms with Crippen LogP contribution in [0, 0.1) is 0 Å². The maximum Gasteiger partial charge on any atom is 0.256 e. The summed E-state index contributed by atoms with van der Waals surface area (Å²) in [5, 5.41) is 3.42. The molecule has 0 atom stereocenters. The van der Waals surface area contributed by atoms with Gasteiger partial charge in [0.15, 0.2) is 11.5 Å². The van der Waals surface area contributed by atoms with Gasteiger partial charge in [0.05, 0.1) is 19.9 Å². The largest absolute Gasteiger partial charge is 0.493 e. The number of nitrogens with one attached hydrogen (secondary N) is 1. The first-order valence-corrected chi connectivity index (χ1v) is 7.06. The summed E-state index contributed by atoms with van der Waals surface area (Å²) in [6.45, 7) is 0. The monoisotopic (exact) mass is 315 g/mol. The Kier molecular flexibility index (Phi) is 3.77. The van der Waals surface area contributed by atoms with E-state index >= 15 is 0 Å². The van der Waals surface area contributed by atoms with E-state index in [1.54, 1.807) is 38.5 Å². The number of anilines is 1. The molecule has 0 saturated heterocycles. The Labute approximate surface area is 133 Å². The lowest BCUT2D eigenvalue weighted by molar-refractivity contribution is -0.110. The van der Waals surface area contributed by atoms with Crippen molar-refractivity contribution in [2.75, 3.05) is 19.5 Å². The zero-order valence-corrected chi connectivity index (χ0v) is 12.9. The van der Waals surface area contributed by atoms with Crippen LogP contribution in [0.3, 0.4) is 0 Å². The molecule has 22 heavy (non-hydrogen) atoms. The number of benzene rings is 2. The molecule has 0 saturated carbocycles. The van der Waals surface area contributed by atoms with Crippen LogP contribution in [-0.2, 0) is 4.79 Å². The van der Waals surface area contributed by atoms with E-state index in [0.717, 1.165) is 11.1 Å². The maximum absolute atomic E-state index is 12.2. The first-order valence-electron chi connectivity index (χ1n) is 6.68. The number of hydrogen-bond donors (Lipinski definition) is 1. The van der Waals surface area contributed by atoms with Crippen LogP contribution in [0.2, 0.25) is 5.02 Å². The van der Waals surface area contributed by atoms with Gasteiger partial charge in [0.2, 0.25) is 0 Å². The molecule has 2 aromatic rings. The molecule has 0 bridgehead atoms. The van der Waals surface area contributed by atoms with E-state index in [0.29, 0.717) is 27.8 Å². The van der Waals surface area contributed by atoms with Crippen LogP contribution in [0.25, 0.3) is 11.6 Å². The normalized spacial score (nSPS) is 14.7. The molecule has 4 nitrogen and oxygen atoms in total. The third-order valence-corrected chi connectivity index (χ3v) is 3.86. The van der Waals surface area contributed by atoms with Gasteiger partial charge in [0, 0.05) is 22.2 Å². The zero-order chi connectivity index (χ0) is 15.7. The predicted molar refractivity (Wildman–Crippen MR) is 87.5 cm³/mol. The Morgan fingerprint density at radius 2 is 1.77 bits per heavy atom. The number of carbonyl (C=O) groups excluding carboxylic acids is 1. The molecule has 112 valence electrons. The van der Waals surface area contributed by atoms with Crippen LogP contribution < -0.4 is 14.8 Å². The van der Waals surface area contributed by atoms with Crippen molar-refractivity contribution in [1.29, 1.82) is 0 Å². The average molecular weight is 316 g/mol. The minimum atomic E-state index is -0.176. The van der Waals surface area contributed by atoms with Crippen LogP contribution in [0.1, 0.15) is 11.1 Å². The summed E-state index contributed by atoms with van der Waals surface area (Å²) in [5.74, 6) is 0.966. The number of carbonyl (C=O) groups is 1. The molecule has 0 spiro atoms. The van der Waals surface area contributed by atoms with Crippen molar-refractivity contribution in [2.45, 2.75) is 0 Å². The van der Waals surface area contributed by atoms with Crippen LogP contribution in [0.4, 0.5) is 5.69 Å². The summed E-state index contributed by atoms with van der Waals surface area (Å²) in [7, 11) is 3.12. The number of methoxy groups -OCH3 is 2. The Bertz CT molecular complexity index is 783. The molecule has 1 amide bonds. The van der Waals surface area contributed by atoms with Gasteiger partial charge in [-0.05, 0) is 23.8 Å². The van der Waals surface area contributed by atoms with Gasteiger partial charge < -0.3 is 14.8 Å². The molecule has 1 aliphatic rings. The van der Waals surface area contributed by atoms with Gasteiger partial charge in [-0.3, -0.25) is 4.79 Å². The lowest BCUT2D eigenvalue weighted by atomic mass is 10.0. The minimum absolute atomic E-state index is 0.176. The molecule has 2 aromatic carbocycles. The van der Waals surface area contributed by atoms with E-state index in [9.17, 15) is 4.79 Å². The van der Waals surface area contributed by atoms with Crippen molar-refractivity contribution in [3.05, 3.63) is 52.5 Å². The fraction of sp³-hybridized carbons (Fsp3) is 0.118. The highest BCUT2D eigenvalue weighted by atomic mass is 35.5. The minimum Gasteiger partial charge on any atom is -0.493 e. The predicted octanol–water partition coefficient (Wildman–Crippen LogP) is 3.85. The van der Waals surface area contributed by atoms with E-state index in [1.807, 2.05) is 18.2 Å². The van der Waals surface area contributed by atoms with E-state index in [1.165, 1.54) is 0 Å². The average Bonchev–Trinajstić information content (AvgIpc) is 2.83. The molecule has 3 rings (SSSR count). The van der Waals surface area contributed by atoms with Gasteiger partial charge in [0.1, 0.15) is 0 Å². The fourth-order valence-corrected chi connectivity index (χ4v) is 2.60.